The van der Waals surface area contributed by atoms with E-state index < -0.39 is 21.3 Å². The van der Waals surface area contributed by atoms with Gasteiger partial charge in [-0.05, 0) is 18.6 Å². The van der Waals surface area contributed by atoms with Gasteiger partial charge in [0.05, 0.1) is 17.1 Å². The minimum absolute atomic E-state index is 0.0599. The summed E-state index contributed by atoms with van der Waals surface area (Å²) < 4.78 is 36.2. The number of rotatable bonds is 2. The molecule has 2 rings (SSSR count). The fraction of sp³-hybridized carbons (Fsp3) is 0.455. The summed E-state index contributed by atoms with van der Waals surface area (Å²) in [6, 6.07) is 4.23. The van der Waals surface area contributed by atoms with Crippen molar-refractivity contribution in [2.75, 3.05) is 11.5 Å². The molecule has 1 aliphatic rings. The Labute approximate surface area is 104 Å². The zero-order chi connectivity index (χ0) is 12.7. The average molecular weight is 279 g/mol. The molecule has 1 unspecified atom stereocenters. The first kappa shape index (κ1) is 12.8. The van der Waals surface area contributed by atoms with Crippen molar-refractivity contribution in [1.82, 2.24) is 0 Å². The Morgan fingerprint density at radius 3 is 2.71 bits per heavy atom. The summed E-state index contributed by atoms with van der Waals surface area (Å²) in [5.74, 6) is -0.907. The Hall–Kier alpha value is -0.650. The molecule has 1 heterocycles. The van der Waals surface area contributed by atoms with Crippen LogP contribution in [-0.4, -0.2) is 30.6 Å². The minimum atomic E-state index is -3.22. The Kier molecular flexibility index (Phi) is 3.18. The molecule has 1 saturated heterocycles. The zero-order valence-corrected chi connectivity index (χ0v) is 10.6. The van der Waals surface area contributed by atoms with Crippen molar-refractivity contribution >= 4 is 21.4 Å². The maximum absolute atomic E-state index is 13.5. The number of aliphatic hydroxyl groups is 1. The van der Waals surface area contributed by atoms with Gasteiger partial charge in [0.15, 0.2) is 9.84 Å². The van der Waals surface area contributed by atoms with Crippen LogP contribution in [0.15, 0.2) is 18.2 Å². The molecule has 0 aliphatic carbocycles. The fourth-order valence-electron chi connectivity index (χ4n) is 2.07. The van der Waals surface area contributed by atoms with Crippen LogP contribution in [0.4, 0.5) is 4.39 Å². The number of hydrogen-bond acceptors (Lipinski definition) is 3. The summed E-state index contributed by atoms with van der Waals surface area (Å²) in [4.78, 5) is 0. The van der Waals surface area contributed by atoms with Gasteiger partial charge in [0, 0.05) is 17.0 Å². The molecule has 1 aromatic carbocycles. The second kappa shape index (κ2) is 4.23. The number of hydrogen-bond donors (Lipinski definition) is 1. The molecule has 1 aliphatic heterocycles. The van der Waals surface area contributed by atoms with E-state index >= 15 is 0 Å². The Bertz CT molecular complexity index is 523. The van der Waals surface area contributed by atoms with Gasteiger partial charge in [-0.25, -0.2) is 12.8 Å². The zero-order valence-electron chi connectivity index (χ0n) is 8.99. The quantitative estimate of drug-likeness (QED) is 0.893. The van der Waals surface area contributed by atoms with E-state index in [0.29, 0.717) is 0 Å². The van der Waals surface area contributed by atoms with E-state index in [0.717, 1.165) is 0 Å². The lowest BCUT2D eigenvalue weighted by molar-refractivity contribution is 0.0673. The van der Waals surface area contributed by atoms with Gasteiger partial charge >= 0.3 is 0 Å². The van der Waals surface area contributed by atoms with Crippen molar-refractivity contribution in [2.45, 2.75) is 18.4 Å². The highest BCUT2D eigenvalue weighted by atomic mass is 35.5. The molecule has 1 fully saturated rings. The van der Waals surface area contributed by atoms with Gasteiger partial charge in [-0.2, -0.15) is 0 Å². The fourth-order valence-corrected chi connectivity index (χ4v) is 4.20. The van der Waals surface area contributed by atoms with Gasteiger partial charge in [-0.15, -0.1) is 0 Å². The molecule has 0 bridgehead atoms. The van der Waals surface area contributed by atoms with E-state index in [1.54, 1.807) is 0 Å². The third kappa shape index (κ3) is 2.78. The highest BCUT2D eigenvalue weighted by molar-refractivity contribution is 7.91. The van der Waals surface area contributed by atoms with E-state index in [-0.39, 0.29) is 34.9 Å². The lowest BCUT2D eigenvalue weighted by Crippen LogP contribution is -2.33. The molecule has 1 N–H and O–H groups in total. The number of benzene rings is 1. The van der Waals surface area contributed by atoms with Gasteiger partial charge in [-0.3, -0.25) is 0 Å². The second-order valence-electron chi connectivity index (χ2n) is 4.44. The third-order valence-electron chi connectivity index (χ3n) is 2.93. The van der Waals surface area contributed by atoms with Crippen LogP contribution in [0, 0.1) is 5.82 Å². The molecular formula is C11H12ClFO3S. The highest BCUT2D eigenvalue weighted by Crippen LogP contribution is 2.30. The van der Waals surface area contributed by atoms with Crippen molar-refractivity contribution in [1.29, 1.82) is 0 Å². The largest absolute Gasteiger partial charge is 0.388 e. The normalized spacial score (nSPS) is 27.2. The topological polar surface area (TPSA) is 54.4 Å². The molecule has 1 atom stereocenters. The number of halogens is 2. The van der Waals surface area contributed by atoms with Gasteiger partial charge in [0.25, 0.3) is 0 Å². The first-order chi connectivity index (χ1) is 7.81. The van der Waals surface area contributed by atoms with E-state index in [1.807, 2.05) is 0 Å². The monoisotopic (exact) mass is 278 g/mol. The molecule has 94 valence electrons. The molecule has 0 spiro atoms. The maximum atomic E-state index is 13.5. The summed E-state index contributed by atoms with van der Waals surface area (Å²) in [5.41, 5.74) is -1.22. The molecule has 0 aromatic heterocycles. The lowest BCUT2D eigenvalue weighted by atomic mass is 9.94. The second-order valence-corrected chi connectivity index (χ2v) is 7.03. The molecular weight excluding hydrogens is 267 g/mol. The van der Waals surface area contributed by atoms with Gasteiger partial charge < -0.3 is 5.11 Å². The highest BCUT2D eigenvalue weighted by Gasteiger charge is 2.41. The SMILES string of the molecule is O=S1(=O)CCC(O)(Cc2c(F)cccc2Cl)C1. The molecule has 0 saturated carbocycles. The molecule has 0 radical (unpaired) electrons. The summed E-state index contributed by atoms with van der Waals surface area (Å²) in [7, 11) is -3.22. The van der Waals surface area contributed by atoms with Crippen molar-refractivity contribution < 1.29 is 17.9 Å². The molecule has 3 nitrogen and oxygen atoms in total. The third-order valence-corrected chi connectivity index (χ3v) is 5.09. The molecule has 6 heteroatoms. The van der Waals surface area contributed by atoms with E-state index in [1.165, 1.54) is 18.2 Å². The Morgan fingerprint density at radius 1 is 1.47 bits per heavy atom. The van der Waals surface area contributed by atoms with Gasteiger partial charge in [0.1, 0.15) is 5.82 Å². The van der Waals surface area contributed by atoms with Crippen LogP contribution in [-0.2, 0) is 16.3 Å². The van der Waals surface area contributed by atoms with Crippen LogP contribution in [0.5, 0.6) is 0 Å². The van der Waals surface area contributed by atoms with Crippen LogP contribution in [0.1, 0.15) is 12.0 Å². The molecule has 17 heavy (non-hydrogen) atoms. The summed E-state index contributed by atoms with van der Waals surface area (Å²) in [6.45, 7) is 0. The summed E-state index contributed by atoms with van der Waals surface area (Å²) in [6.07, 6.45) is 0.0533. The maximum Gasteiger partial charge on any atom is 0.153 e. The van der Waals surface area contributed by atoms with Crippen LogP contribution in [0.25, 0.3) is 0 Å². The number of sulfone groups is 1. The van der Waals surface area contributed by atoms with Crippen molar-refractivity contribution in [3.63, 3.8) is 0 Å². The average Bonchev–Trinajstić information content (AvgIpc) is 2.48. The van der Waals surface area contributed by atoms with Crippen molar-refractivity contribution in [3.05, 3.63) is 34.6 Å². The summed E-state index contributed by atoms with van der Waals surface area (Å²) >= 11 is 5.84. The van der Waals surface area contributed by atoms with Crippen LogP contribution in [0.2, 0.25) is 5.02 Å². The standard InChI is InChI=1S/C11H12ClFO3S/c12-9-2-1-3-10(13)8(9)6-11(14)4-5-17(15,16)7-11/h1-3,14H,4-7H2. The Morgan fingerprint density at radius 2 is 2.18 bits per heavy atom. The van der Waals surface area contributed by atoms with Crippen molar-refractivity contribution in [2.24, 2.45) is 0 Å². The van der Waals surface area contributed by atoms with Crippen molar-refractivity contribution in [3.8, 4) is 0 Å². The Balaban J connectivity index is 2.28. The molecule has 0 amide bonds. The van der Waals surface area contributed by atoms with E-state index in [4.69, 9.17) is 11.6 Å². The van der Waals surface area contributed by atoms with E-state index in [2.05, 4.69) is 0 Å². The smallest absolute Gasteiger partial charge is 0.153 e. The predicted octanol–water partition coefficient (Wildman–Crippen LogP) is 1.57. The van der Waals surface area contributed by atoms with Crippen LogP contribution < -0.4 is 0 Å². The first-order valence-corrected chi connectivity index (χ1v) is 7.37. The van der Waals surface area contributed by atoms with Gasteiger partial charge in [-0.1, -0.05) is 17.7 Å². The first-order valence-electron chi connectivity index (χ1n) is 5.17. The van der Waals surface area contributed by atoms with Crippen LogP contribution in [0.3, 0.4) is 0 Å². The van der Waals surface area contributed by atoms with E-state index in [9.17, 15) is 17.9 Å². The van der Waals surface area contributed by atoms with Gasteiger partial charge in [0.2, 0.25) is 0 Å². The summed E-state index contributed by atoms with van der Waals surface area (Å²) in [5, 5.41) is 10.3. The molecule has 1 aromatic rings. The lowest BCUT2D eigenvalue weighted by Gasteiger charge is -2.21. The minimum Gasteiger partial charge on any atom is -0.388 e. The predicted molar refractivity (Wildman–Crippen MR) is 63.3 cm³/mol. The van der Waals surface area contributed by atoms with Crippen LogP contribution >= 0.6 is 11.6 Å².